The molecule has 0 aliphatic carbocycles. The fourth-order valence-electron chi connectivity index (χ4n) is 7.23. The number of carbonyl (C=O) groups is 2. The summed E-state index contributed by atoms with van der Waals surface area (Å²) in [5.74, 6) is 1.33. The quantitative estimate of drug-likeness (QED) is 0.267. The summed E-state index contributed by atoms with van der Waals surface area (Å²) in [6, 6.07) is 10.8. The lowest BCUT2D eigenvalue weighted by Crippen LogP contribution is -2.49. The third-order valence-electron chi connectivity index (χ3n) is 10.4. The molecule has 14 heteroatoms. The largest absolute Gasteiger partial charge is 0.493 e. The molecule has 4 saturated heterocycles. The highest BCUT2D eigenvalue weighted by Crippen LogP contribution is 2.27. The molecule has 0 saturated carbocycles. The number of carbonyl (C=O) groups excluding carboxylic acids is 2. The van der Waals surface area contributed by atoms with Gasteiger partial charge < -0.3 is 29.0 Å². The van der Waals surface area contributed by atoms with Gasteiger partial charge in [0.25, 0.3) is 11.5 Å². The van der Waals surface area contributed by atoms with Gasteiger partial charge in [-0.25, -0.2) is 9.37 Å². The first-order valence-electron chi connectivity index (χ1n) is 18.2. The molecule has 274 valence electrons. The Kier molecular flexibility index (Phi) is 11.7. The van der Waals surface area contributed by atoms with Gasteiger partial charge in [0.2, 0.25) is 5.91 Å². The van der Waals surface area contributed by atoms with E-state index in [0.29, 0.717) is 59.2 Å². The van der Waals surface area contributed by atoms with Crippen LogP contribution in [0, 0.1) is 11.7 Å². The minimum absolute atomic E-state index is 0.0234. The molecule has 4 aliphatic rings. The van der Waals surface area contributed by atoms with Gasteiger partial charge in [-0.3, -0.25) is 24.6 Å². The monoisotopic (exact) mass is 722 g/mol. The SMILES string of the molecule is O=C1CCC(Oc2ccc(N3CCN(CCN4CCC(COc5cc(F)c6c(=O)[nH]c(CSC7CCOCC7)nc6c5)CC4)CC3)cc2)C(=O)N1. The standard InChI is InChI=1S/C37H47FN6O6S/c38-30-21-28(22-31-35(30)37(47)40-33(39-31)24-51-29-9-19-48-20-10-29)49-23-25-7-11-42(12-8-25)13-14-43-15-17-44(18-16-43)26-1-3-27(4-2-26)50-32-5-6-34(45)41-36(32)46/h1-4,21-22,25,29,32H,5-20,23-24H2,(H,39,40,47)(H,41,45,46). The maximum absolute atomic E-state index is 15.0. The second-order valence-electron chi connectivity index (χ2n) is 13.9. The topological polar surface area (TPSA) is 129 Å². The molecular weight excluding hydrogens is 676 g/mol. The van der Waals surface area contributed by atoms with Crippen molar-refractivity contribution in [3.05, 3.63) is 58.4 Å². The maximum atomic E-state index is 15.0. The van der Waals surface area contributed by atoms with Gasteiger partial charge in [-0.15, -0.1) is 0 Å². The third-order valence-corrected chi connectivity index (χ3v) is 11.8. The number of aromatic nitrogens is 2. The molecule has 0 radical (unpaired) electrons. The molecule has 1 unspecified atom stereocenters. The minimum atomic E-state index is -0.629. The van der Waals surface area contributed by atoms with Crippen molar-refractivity contribution in [2.75, 3.05) is 77.1 Å². The zero-order valence-corrected chi connectivity index (χ0v) is 29.8. The number of H-pyrrole nitrogens is 1. The summed E-state index contributed by atoms with van der Waals surface area (Å²) in [6.45, 7) is 10.0. The summed E-state index contributed by atoms with van der Waals surface area (Å²) >= 11 is 1.76. The van der Waals surface area contributed by atoms with Crippen molar-refractivity contribution >= 4 is 40.2 Å². The van der Waals surface area contributed by atoms with Crippen LogP contribution in [0.15, 0.2) is 41.2 Å². The number of piperazine rings is 1. The molecule has 3 aromatic rings. The molecule has 0 bridgehead atoms. The van der Waals surface area contributed by atoms with Crippen LogP contribution in [0.2, 0.25) is 0 Å². The number of hydrogen-bond acceptors (Lipinski definition) is 11. The van der Waals surface area contributed by atoms with Crippen LogP contribution in [-0.2, 0) is 20.1 Å². The van der Waals surface area contributed by atoms with E-state index in [1.54, 1.807) is 17.8 Å². The molecule has 1 atom stereocenters. The number of amides is 2. The van der Waals surface area contributed by atoms with Crippen molar-refractivity contribution in [2.45, 2.75) is 55.6 Å². The number of halogens is 1. The zero-order chi connectivity index (χ0) is 35.2. The molecule has 4 fully saturated rings. The normalized spacial score (nSPS) is 21.6. The zero-order valence-electron chi connectivity index (χ0n) is 28.9. The number of rotatable bonds is 12. The molecule has 4 aliphatic heterocycles. The molecule has 2 N–H and O–H groups in total. The van der Waals surface area contributed by atoms with E-state index in [1.165, 1.54) is 6.07 Å². The summed E-state index contributed by atoms with van der Waals surface area (Å²) in [5.41, 5.74) is 1.02. The van der Waals surface area contributed by atoms with E-state index in [4.69, 9.17) is 14.2 Å². The molecule has 5 heterocycles. The fraction of sp³-hybridized carbons (Fsp3) is 0.568. The van der Waals surface area contributed by atoms with E-state index in [2.05, 4.69) is 30.0 Å². The van der Waals surface area contributed by atoms with E-state index in [9.17, 15) is 18.8 Å². The Balaban J connectivity index is 0.810. The molecule has 12 nitrogen and oxygen atoms in total. The number of imide groups is 1. The number of aromatic amines is 1. The first kappa shape index (κ1) is 35.7. The lowest BCUT2D eigenvalue weighted by Gasteiger charge is -2.38. The first-order chi connectivity index (χ1) is 24.9. The Morgan fingerprint density at radius 2 is 1.61 bits per heavy atom. The number of hydrogen-bond donors (Lipinski definition) is 2. The van der Waals surface area contributed by atoms with Gasteiger partial charge in [-0.1, -0.05) is 0 Å². The predicted molar refractivity (Wildman–Crippen MR) is 194 cm³/mol. The molecule has 0 spiro atoms. The van der Waals surface area contributed by atoms with Gasteiger partial charge in [0.15, 0.2) is 6.10 Å². The number of thioether (sulfide) groups is 1. The number of fused-ring (bicyclic) bond motifs is 1. The lowest BCUT2D eigenvalue weighted by molar-refractivity contribution is -0.138. The van der Waals surface area contributed by atoms with E-state index in [0.717, 1.165) is 96.9 Å². The van der Waals surface area contributed by atoms with Crippen molar-refractivity contribution in [1.82, 2.24) is 25.1 Å². The highest BCUT2D eigenvalue weighted by atomic mass is 32.2. The molecule has 2 amide bonds. The number of piperidine rings is 2. The Hall–Kier alpha value is -3.72. The molecule has 2 aromatic carbocycles. The van der Waals surface area contributed by atoms with Crippen LogP contribution >= 0.6 is 11.8 Å². The average Bonchev–Trinajstić information content (AvgIpc) is 3.14. The second-order valence-corrected chi connectivity index (χ2v) is 15.2. The van der Waals surface area contributed by atoms with Crippen molar-refractivity contribution in [1.29, 1.82) is 0 Å². The van der Waals surface area contributed by atoms with Crippen molar-refractivity contribution in [2.24, 2.45) is 5.92 Å². The Morgan fingerprint density at radius 1 is 0.882 bits per heavy atom. The first-order valence-corrected chi connectivity index (χ1v) is 19.3. The number of nitrogens with one attached hydrogen (secondary N) is 2. The summed E-state index contributed by atoms with van der Waals surface area (Å²) < 4.78 is 32.3. The summed E-state index contributed by atoms with van der Waals surface area (Å²) in [4.78, 5) is 50.8. The van der Waals surface area contributed by atoms with Crippen LogP contribution in [0.5, 0.6) is 11.5 Å². The number of anilines is 1. The lowest BCUT2D eigenvalue weighted by atomic mass is 9.98. The van der Waals surface area contributed by atoms with Gasteiger partial charge >= 0.3 is 0 Å². The highest BCUT2D eigenvalue weighted by Gasteiger charge is 2.28. The number of likely N-dealkylation sites (tertiary alicyclic amines) is 1. The van der Waals surface area contributed by atoms with E-state index < -0.39 is 17.5 Å². The summed E-state index contributed by atoms with van der Waals surface area (Å²) in [6.07, 6.45) is 4.09. The van der Waals surface area contributed by atoms with Crippen LogP contribution in [0.1, 0.15) is 44.3 Å². The number of benzene rings is 2. The average molecular weight is 723 g/mol. The predicted octanol–water partition coefficient (Wildman–Crippen LogP) is 3.57. The number of ether oxygens (including phenoxy) is 3. The van der Waals surface area contributed by atoms with Gasteiger partial charge in [0, 0.05) is 88.4 Å². The third kappa shape index (κ3) is 9.39. The fourth-order valence-corrected chi connectivity index (χ4v) is 8.28. The molecule has 1 aromatic heterocycles. The van der Waals surface area contributed by atoms with Gasteiger partial charge in [-0.2, -0.15) is 11.8 Å². The maximum Gasteiger partial charge on any atom is 0.267 e. The minimum Gasteiger partial charge on any atom is -0.493 e. The Bertz CT molecular complexity index is 1720. The van der Waals surface area contributed by atoms with Crippen LogP contribution in [-0.4, -0.2) is 115 Å². The van der Waals surface area contributed by atoms with E-state index in [-0.39, 0.29) is 17.2 Å². The smallest absolute Gasteiger partial charge is 0.267 e. The summed E-state index contributed by atoms with van der Waals surface area (Å²) in [7, 11) is 0. The van der Waals surface area contributed by atoms with Crippen LogP contribution in [0.3, 0.4) is 0 Å². The molecule has 7 rings (SSSR count). The van der Waals surface area contributed by atoms with Crippen molar-refractivity contribution < 1.29 is 28.2 Å². The van der Waals surface area contributed by atoms with Crippen LogP contribution < -0.4 is 25.2 Å². The van der Waals surface area contributed by atoms with Crippen LogP contribution in [0.4, 0.5) is 10.1 Å². The van der Waals surface area contributed by atoms with E-state index in [1.807, 2.05) is 24.3 Å². The molecular formula is C37H47FN6O6S. The van der Waals surface area contributed by atoms with Crippen molar-refractivity contribution in [3.8, 4) is 11.5 Å². The molecule has 51 heavy (non-hydrogen) atoms. The van der Waals surface area contributed by atoms with E-state index >= 15 is 0 Å². The Labute approximate surface area is 301 Å². The van der Waals surface area contributed by atoms with Crippen molar-refractivity contribution in [3.63, 3.8) is 0 Å². The number of nitrogens with zero attached hydrogens (tertiary/aromatic N) is 4. The highest BCUT2D eigenvalue weighted by molar-refractivity contribution is 7.99. The van der Waals surface area contributed by atoms with Gasteiger partial charge in [-0.05, 0) is 69.0 Å². The second kappa shape index (κ2) is 16.7. The summed E-state index contributed by atoms with van der Waals surface area (Å²) in [5, 5.41) is 2.78. The van der Waals surface area contributed by atoms with Gasteiger partial charge in [0.1, 0.15) is 28.5 Å². The Morgan fingerprint density at radius 3 is 2.33 bits per heavy atom. The van der Waals surface area contributed by atoms with Gasteiger partial charge in [0.05, 0.1) is 17.9 Å². The van der Waals surface area contributed by atoms with Crippen LogP contribution in [0.25, 0.3) is 10.9 Å².